The molecule has 0 fully saturated rings. The van der Waals surface area contributed by atoms with Crippen LogP contribution < -0.4 is 16.2 Å². The van der Waals surface area contributed by atoms with Crippen LogP contribution in [-0.4, -0.2) is 23.0 Å². The van der Waals surface area contributed by atoms with Gasteiger partial charge in [-0.3, -0.25) is 25.2 Å². The van der Waals surface area contributed by atoms with Gasteiger partial charge in [0.05, 0.1) is 18.1 Å². The molecule has 1 aromatic carbocycles. The van der Waals surface area contributed by atoms with Gasteiger partial charge in [0.25, 0.3) is 5.91 Å². The molecule has 8 heteroatoms. The van der Waals surface area contributed by atoms with Gasteiger partial charge in [-0.05, 0) is 31.2 Å². The Morgan fingerprint density at radius 3 is 2.46 bits per heavy atom. The van der Waals surface area contributed by atoms with E-state index in [2.05, 4.69) is 16.2 Å². The van der Waals surface area contributed by atoms with E-state index in [0.29, 0.717) is 5.76 Å². The summed E-state index contributed by atoms with van der Waals surface area (Å²) < 4.78 is 5.03. The van der Waals surface area contributed by atoms with Crippen molar-refractivity contribution in [3.05, 3.63) is 54.5 Å². The van der Waals surface area contributed by atoms with Gasteiger partial charge in [-0.2, -0.15) is 0 Å². The molecule has 24 heavy (non-hydrogen) atoms. The van der Waals surface area contributed by atoms with Crippen LogP contribution >= 0.6 is 11.8 Å². The lowest BCUT2D eigenvalue weighted by atomic mass is 10.4. The summed E-state index contributed by atoms with van der Waals surface area (Å²) in [6.45, 7) is 1.80. The van der Waals surface area contributed by atoms with E-state index in [0.717, 1.165) is 4.90 Å². The summed E-state index contributed by atoms with van der Waals surface area (Å²) >= 11 is 1.34. The van der Waals surface area contributed by atoms with Gasteiger partial charge in [0, 0.05) is 4.90 Å². The number of benzene rings is 1. The Morgan fingerprint density at radius 1 is 1.04 bits per heavy atom. The van der Waals surface area contributed by atoms with Crippen LogP contribution in [0.2, 0.25) is 0 Å². The highest BCUT2D eigenvalue weighted by Crippen LogP contribution is 2.22. The van der Waals surface area contributed by atoms with Crippen molar-refractivity contribution in [1.29, 1.82) is 0 Å². The molecule has 0 bridgehead atoms. The molecule has 2 aromatic rings. The average molecular weight is 347 g/mol. The molecule has 0 unspecified atom stereocenters. The fraction of sp³-hybridized carbons (Fsp3) is 0.188. The van der Waals surface area contributed by atoms with Gasteiger partial charge in [-0.1, -0.05) is 18.2 Å². The van der Waals surface area contributed by atoms with E-state index < -0.39 is 23.0 Å². The Morgan fingerprint density at radius 2 is 1.79 bits per heavy atom. The zero-order chi connectivity index (χ0) is 17.4. The first-order valence-electron chi connectivity index (χ1n) is 7.18. The first-order valence-corrected chi connectivity index (χ1v) is 8.06. The minimum absolute atomic E-state index is 0.0907. The van der Waals surface area contributed by atoms with E-state index in [1.807, 2.05) is 30.3 Å². The number of thioether (sulfide) groups is 1. The monoisotopic (exact) mass is 347 g/mol. The number of amides is 3. The predicted molar refractivity (Wildman–Crippen MR) is 88.6 cm³/mol. The van der Waals surface area contributed by atoms with Crippen molar-refractivity contribution < 1.29 is 18.8 Å². The molecule has 3 amide bonds. The van der Waals surface area contributed by atoms with Gasteiger partial charge in [0.2, 0.25) is 0 Å². The lowest BCUT2D eigenvalue weighted by molar-refractivity contribution is -0.141. The maximum absolute atomic E-state index is 11.9. The van der Waals surface area contributed by atoms with Crippen LogP contribution in [0.3, 0.4) is 0 Å². The number of hydrogen-bond acceptors (Lipinski definition) is 5. The number of rotatable bonds is 5. The van der Waals surface area contributed by atoms with Crippen LogP contribution in [0.5, 0.6) is 0 Å². The normalized spacial score (nSPS) is 11.4. The van der Waals surface area contributed by atoms with Crippen molar-refractivity contribution >= 4 is 29.5 Å². The summed E-state index contributed by atoms with van der Waals surface area (Å²) in [5, 5.41) is 1.94. The quantitative estimate of drug-likeness (QED) is 0.429. The average Bonchev–Trinajstić information content (AvgIpc) is 3.11. The van der Waals surface area contributed by atoms with Gasteiger partial charge < -0.3 is 9.73 Å². The third kappa shape index (κ3) is 5.47. The standard InChI is InChI=1S/C16H17N3O4S/c1-11(24-13-7-3-2-4-8-13)14(20)18-19-16(22)15(21)17-10-12-6-5-9-23-12/h2-9,11H,10H2,1H3,(H,17,21)(H,18,20)(H,19,22)/t11-/m1/s1. The summed E-state index contributed by atoms with van der Waals surface area (Å²) in [7, 11) is 0. The molecule has 1 aromatic heterocycles. The molecule has 2 rings (SSSR count). The minimum atomic E-state index is -0.952. The molecule has 0 saturated heterocycles. The third-order valence-electron chi connectivity index (χ3n) is 2.93. The van der Waals surface area contributed by atoms with Gasteiger partial charge in [0.15, 0.2) is 0 Å². The summed E-state index contributed by atoms with van der Waals surface area (Å²) in [6.07, 6.45) is 1.47. The van der Waals surface area contributed by atoms with Gasteiger partial charge >= 0.3 is 11.8 Å². The summed E-state index contributed by atoms with van der Waals surface area (Å²) in [6, 6.07) is 12.7. The molecule has 1 heterocycles. The minimum Gasteiger partial charge on any atom is -0.467 e. The molecule has 0 aliphatic heterocycles. The Balaban J connectivity index is 1.71. The summed E-state index contributed by atoms with van der Waals surface area (Å²) in [5.74, 6) is -1.70. The van der Waals surface area contributed by atoms with Crippen molar-refractivity contribution in [2.24, 2.45) is 0 Å². The van der Waals surface area contributed by atoms with Gasteiger partial charge in [-0.25, -0.2) is 0 Å². The fourth-order valence-electron chi connectivity index (χ4n) is 1.69. The highest BCUT2D eigenvalue weighted by molar-refractivity contribution is 8.00. The number of carbonyl (C=O) groups excluding carboxylic acids is 3. The number of carbonyl (C=O) groups is 3. The Kier molecular flexibility index (Phi) is 6.44. The smallest absolute Gasteiger partial charge is 0.327 e. The van der Waals surface area contributed by atoms with Crippen LogP contribution in [-0.2, 0) is 20.9 Å². The van der Waals surface area contributed by atoms with E-state index >= 15 is 0 Å². The van der Waals surface area contributed by atoms with E-state index in [4.69, 9.17) is 4.42 Å². The fourth-order valence-corrected chi connectivity index (χ4v) is 2.58. The molecule has 0 aliphatic carbocycles. The maximum Gasteiger partial charge on any atom is 0.327 e. The topological polar surface area (TPSA) is 100 Å². The van der Waals surface area contributed by atoms with Crippen molar-refractivity contribution in [2.75, 3.05) is 0 Å². The molecule has 7 nitrogen and oxygen atoms in total. The summed E-state index contributed by atoms with van der Waals surface area (Å²) in [5.41, 5.74) is 4.32. The van der Waals surface area contributed by atoms with E-state index in [9.17, 15) is 14.4 Å². The zero-order valence-corrected chi connectivity index (χ0v) is 13.8. The van der Waals surface area contributed by atoms with Crippen LogP contribution in [0.15, 0.2) is 58.0 Å². The van der Waals surface area contributed by atoms with Crippen LogP contribution in [0.4, 0.5) is 0 Å². The molecule has 0 saturated carbocycles. The van der Waals surface area contributed by atoms with Crippen molar-refractivity contribution in [3.63, 3.8) is 0 Å². The number of furan rings is 1. The second kappa shape index (κ2) is 8.78. The van der Waals surface area contributed by atoms with E-state index in [-0.39, 0.29) is 6.54 Å². The van der Waals surface area contributed by atoms with Crippen molar-refractivity contribution in [1.82, 2.24) is 16.2 Å². The highest BCUT2D eigenvalue weighted by Gasteiger charge is 2.18. The van der Waals surface area contributed by atoms with E-state index in [1.54, 1.807) is 19.1 Å². The second-order valence-electron chi connectivity index (χ2n) is 4.78. The SMILES string of the molecule is C[C@@H](Sc1ccccc1)C(=O)NNC(=O)C(=O)NCc1ccco1. The van der Waals surface area contributed by atoms with Crippen LogP contribution in [0, 0.1) is 0 Å². The molecule has 0 aliphatic rings. The molecule has 126 valence electrons. The zero-order valence-electron chi connectivity index (χ0n) is 12.9. The van der Waals surface area contributed by atoms with Gasteiger partial charge in [-0.15, -0.1) is 11.8 Å². The van der Waals surface area contributed by atoms with Crippen molar-refractivity contribution in [3.8, 4) is 0 Å². The van der Waals surface area contributed by atoms with Crippen LogP contribution in [0.25, 0.3) is 0 Å². The molecule has 0 spiro atoms. The Labute approximate surface area is 143 Å². The lowest BCUT2D eigenvalue weighted by Crippen LogP contribution is -2.50. The second-order valence-corrected chi connectivity index (χ2v) is 6.19. The Hall–Kier alpha value is -2.74. The van der Waals surface area contributed by atoms with E-state index in [1.165, 1.54) is 18.0 Å². The molecule has 1 atom stereocenters. The van der Waals surface area contributed by atoms with Crippen LogP contribution in [0.1, 0.15) is 12.7 Å². The number of hydrazine groups is 1. The highest BCUT2D eigenvalue weighted by atomic mass is 32.2. The molecule has 3 N–H and O–H groups in total. The lowest BCUT2D eigenvalue weighted by Gasteiger charge is -2.12. The largest absolute Gasteiger partial charge is 0.467 e. The first-order chi connectivity index (χ1) is 11.6. The van der Waals surface area contributed by atoms with Gasteiger partial charge in [0.1, 0.15) is 5.76 Å². The predicted octanol–water partition coefficient (Wildman–Crippen LogP) is 1.22. The Bertz CT molecular complexity index is 689. The molecular formula is C16H17N3O4S. The third-order valence-corrected chi connectivity index (χ3v) is 4.05. The number of hydrogen-bond donors (Lipinski definition) is 3. The van der Waals surface area contributed by atoms with Crippen molar-refractivity contribution in [2.45, 2.75) is 23.6 Å². The molecular weight excluding hydrogens is 330 g/mol. The molecule has 0 radical (unpaired) electrons. The maximum atomic E-state index is 11.9. The first kappa shape index (κ1) is 17.6. The number of nitrogens with one attached hydrogen (secondary N) is 3. The summed E-state index contributed by atoms with van der Waals surface area (Å²) in [4.78, 5) is 36.1.